The lowest BCUT2D eigenvalue weighted by molar-refractivity contribution is -0.0498. The van der Waals surface area contributed by atoms with Crippen LogP contribution in [0.15, 0.2) is 53.0 Å². The quantitative estimate of drug-likeness (QED) is 0.632. The first-order chi connectivity index (χ1) is 9.54. The third kappa shape index (κ3) is 4.46. The summed E-state index contributed by atoms with van der Waals surface area (Å²) >= 11 is 9.71. The Morgan fingerprint density at radius 3 is 2.15 bits per heavy atom. The summed E-state index contributed by atoms with van der Waals surface area (Å²) in [6.07, 6.45) is 0.671. The minimum absolute atomic E-state index is 0.135. The van der Waals surface area contributed by atoms with Gasteiger partial charge in [-0.15, -0.1) is 11.6 Å². The first kappa shape index (κ1) is 15.3. The number of alkyl halides is 3. The molecule has 0 amide bonds. The van der Waals surface area contributed by atoms with E-state index in [1.54, 1.807) is 12.1 Å². The number of rotatable bonds is 5. The van der Waals surface area contributed by atoms with Crippen LogP contribution >= 0.6 is 27.5 Å². The van der Waals surface area contributed by atoms with E-state index in [9.17, 15) is 8.78 Å². The molecule has 0 aliphatic heterocycles. The SMILES string of the molecule is FC(F)Oc1ccc(C(Cl)Cc2ccc(Br)cc2)cc1. The summed E-state index contributed by atoms with van der Waals surface area (Å²) in [7, 11) is 0. The van der Waals surface area contributed by atoms with Crippen LogP contribution < -0.4 is 4.74 Å². The molecule has 1 unspecified atom stereocenters. The van der Waals surface area contributed by atoms with Crippen LogP contribution in [0, 0.1) is 0 Å². The van der Waals surface area contributed by atoms with Gasteiger partial charge in [0.15, 0.2) is 0 Å². The number of ether oxygens (including phenoxy) is 1. The lowest BCUT2D eigenvalue weighted by Crippen LogP contribution is -2.02. The molecule has 0 spiro atoms. The molecule has 0 saturated carbocycles. The Morgan fingerprint density at radius 1 is 1.00 bits per heavy atom. The Morgan fingerprint density at radius 2 is 1.60 bits per heavy atom. The zero-order valence-electron chi connectivity index (χ0n) is 10.4. The lowest BCUT2D eigenvalue weighted by atomic mass is 10.0. The van der Waals surface area contributed by atoms with E-state index in [4.69, 9.17) is 11.6 Å². The highest BCUT2D eigenvalue weighted by Gasteiger charge is 2.10. The molecule has 20 heavy (non-hydrogen) atoms. The Balaban J connectivity index is 2.01. The van der Waals surface area contributed by atoms with E-state index in [-0.39, 0.29) is 11.1 Å². The van der Waals surface area contributed by atoms with Gasteiger partial charge in [-0.25, -0.2) is 0 Å². The van der Waals surface area contributed by atoms with Gasteiger partial charge in [0, 0.05) is 4.47 Å². The second kappa shape index (κ2) is 7.04. The molecule has 0 heterocycles. The molecule has 0 radical (unpaired) electrons. The van der Waals surface area contributed by atoms with Gasteiger partial charge in [0.05, 0.1) is 5.38 Å². The van der Waals surface area contributed by atoms with E-state index >= 15 is 0 Å². The van der Waals surface area contributed by atoms with Gasteiger partial charge in [0.25, 0.3) is 0 Å². The summed E-state index contributed by atoms with van der Waals surface area (Å²) in [5.74, 6) is 0.135. The van der Waals surface area contributed by atoms with Crippen molar-refractivity contribution in [2.45, 2.75) is 18.4 Å². The van der Waals surface area contributed by atoms with Gasteiger partial charge < -0.3 is 4.74 Å². The predicted octanol–water partition coefficient (Wildman–Crippen LogP) is 5.57. The standard InChI is InChI=1S/C15H12BrClF2O/c16-12-5-1-10(2-6-12)9-14(17)11-3-7-13(8-4-11)20-15(18)19/h1-8,14-15H,9H2. The molecule has 2 aromatic carbocycles. The molecule has 0 N–H and O–H groups in total. The molecule has 0 aliphatic carbocycles. The van der Waals surface area contributed by atoms with Crippen molar-refractivity contribution in [2.75, 3.05) is 0 Å². The molecule has 0 saturated heterocycles. The molecular formula is C15H12BrClF2O. The average Bonchev–Trinajstić information content (AvgIpc) is 2.41. The molecule has 2 aromatic rings. The van der Waals surface area contributed by atoms with Crippen LogP contribution in [0.4, 0.5) is 8.78 Å². The fourth-order valence-corrected chi connectivity index (χ4v) is 2.39. The van der Waals surface area contributed by atoms with Crippen LogP contribution in [0.25, 0.3) is 0 Å². The van der Waals surface area contributed by atoms with Crippen molar-refractivity contribution < 1.29 is 13.5 Å². The van der Waals surface area contributed by atoms with Crippen LogP contribution in [0.2, 0.25) is 0 Å². The number of hydrogen-bond acceptors (Lipinski definition) is 1. The third-order valence-corrected chi connectivity index (χ3v) is 3.73. The van der Waals surface area contributed by atoms with Crippen molar-refractivity contribution in [2.24, 2.45) is 0 Å². The minimum atomic E-state index is -2.81. The first-order valence-corrected chi connectivity index (χ1v) is 7.21. The largest absolute Gasteiger partial charge is 0.435 e. The minimum Gasteiger partial charge on any atom is -0.435 e. The number of benzene rings is 2. The zero-order chi connectivity index (χ0) is 14.5. The van der Waals surface area contributed by atoms with Gasteiger partial charge in [-0.05, 0) is 41.8 Å². The molecule has 2 rings (SSSR count). The van der Waals surface area contributed by atoms with Gasteiger partial charge in [-0.2, -0.15) is 8.78 Å². The van der Waals surface area contributed by atoms with Crippen LogP contribution in [0.1, 0.15) is 16.5 Å². The zero-order valence-corrected chi connectivity index (χ0v) is 12.7. The highest BCUT2D eigenvalue weighted by molar-refractivity contribution is 9.10. The monoisotopic (exact) mass is 360 g/mol. The second-order valence-corrected chi connectivity index (χ2v) is 5.69. The van der Waals surface area contributed by atoms with Crippen LogP contribution in [-0.4, -0.2) is 6.61 Å². The van der Waals surface area contributed by atoms with Crippen LogP contribution in [0.3, 0.4) is 0 Å². The van der Waals surface area contributed by atoms with Gasteiger partial charge in [-0.3, -0.25) is 0 Å². The molecule has 5 heteroatoms. The molecule has 0 aromatic heterocycles. The maximum Gasteiger partial charge on any atom is 0.387 e. The normalized spacial score (nSPS) is 12.4. The fourth-order valence-electron chi connectivity index (χ4n) is 1.80. The van der Waals surface area contributed by atoms with Gasteiger partial charge >= 0.3 is 6.61 Å². The molecular weight excluding hydrogens is 350 g/mol. The van der Waals surface area contributed by atoms with Crippen molar-refractivity contribution in [3.63, 3.8) is 0 Å². The van der Waals surface area contributed by atoms with E-state index in [1.165, 1.54) is 12.1 Å². The van der Waals surface area contributed by atoms with Crippen LogP contribution in [0.5, 0.6) is 5.75 Å². The summed E-state index contributed by atoms with van der Waals surface area (Å²) < 4.78 is 29.4. The molecule has 1 nitrogen and oxygen atoms in total. The molecule has 106 valence electrons. The Bertz CT molecular complexity index is 543. The summed E-state index contributed by atoms with van der Waals surface area (Å²) in [6.45, 7) is -2.81. The van der Waals surface area contributed by atoms with Crippen molar-refractivity contribution in [3.05, 3.63) is 64.1 Å². The fraction of sp³-hybridized carbons (Fsp3) is 0.200. The van der Waals surface area contributed by atoms with Gasteiger partial charge in [0.1, 0.15) is 5.75 Å². The number of halogens is 4. The maximum atomic E-state index is 12.0. The van der Waals surface area contributed by atoms with E-state index in [2.05, 4.69) is 20.7 Å². The van der Waals surface area contributed by atoms with E-state index in [1.807, 2.05) is 24.3 Å². The smallest absolute Gasteiger partial charge is 0.387 e. The highest BCUT2D eigenvalue weighted by atomic mass is 79.9. The number of hydrogen-bond donors (Lipinski definition) is 0. The highest BCUT2D eigenvalue weighted by Crippen LogP contribution is 2.27. The van der Waals surface area contributed by atoms with Crippen LogP contribution in [-0.2, 0) is 6.42 Å². The van der Waals surface area contributed by atoms with E-state index in [0.717, 1.165) is 15.6 Å². The molecule has 1 atom stereocenters. The van der Waals surface area contributed by atoms with E-state index < -0.39 is 6.61 Å². The molecule has 0 aliphatic rings. The van der Waals surface area contributed by atoms with Gasteiger partial charge in [-0.1, -0.05) is 40.2 Å². The maximum absolute atomic E-state index is 12.0. The predicted molar refractivity (Wildman–Crippen MR) is 79.5 cm³/mol. The Labute approximate surface area is 129 Å². The second-order valence-electron chi connectivity index (χ2n) is 4.25. The third-order valence-electron chi connectivity index (χ3n) is 2.80. The topological polar surface area (TPSA) is 9.23 Å². The van der Waals surface area contributed by atoms with E-state index in [0.29, 0.717) is 6.42 Å². The first-order valence-electron chi connectivity index (χ1n) is 5.98. The molecule has 0 fully saturated rings. The molecule has 0 bridgehead atoms. The Hall–Kier alpha value is -1.13. The average molecular weight is 362 g/mol. The van der Waals surface area contributed by atoms with Crippen molar-refractivity contribution in [1.82, 2.24) is 0 Å². The summed E-state index contributed by atoms with van der Waals surface area (Å²) in [4.78, 5) is 0. The van der Waals surface area contributed by atoms with Gasteiger partial charge in [0.2, 0.25) is 0 Å². The summed E-state index contributed by atoms with van der Waals surface area (Å²) in [6, 6.07) is 14.3. The summed E-state index contributed by atoms with van der Waals surface area (Å²) in [5, 5.41) is -0.211. The van der Waals surface area contributed by atoms with Crippen molar-refractivity contribution >= 4 is 27.5 Å². The van der Waals surface area contributed by atoms with Crippen molar-refractivity contribution in [3.8, 4) is 5.75 Å². The summed E-state index contributed by atoms with van der Waals surface area (Å²) in [5.41, 5.74) is 1.98. The lowest BCUT2D eigenvalue weighted by Gasteiger charge is -2.11. The van der Waals surface area contributed by atoms with Crippen molar-refractivity contribution in [1.29, 1.82) is 0 Å². The Kier molecular flexibility index (Phi) is 5.38.